The van der Waals surface area contributed by atoms with Gasteiger partial charge in [-0.3, -0.25) is 14.6 Å². The first-order valence-electron chi connectivity index (χ1n) is 9.72. The van der Waals surface area contributed by atoms with Gasteiger partial charge in [-0.05, 0) is 37.6 Å². The van der Waals surface area contributed by atoms with Crippen LogP contribution in [0.4, 0.5) is 8.78 Å². The van der Waals surface area contributed by atoms with Gasteiger partial charge in [-0.15, -0.1) is 0 Å². The molecule has 1 N–H and O–H groups in total. The second-order valence-corrected chi connectivity index (χ2v) is 7.77. The minimum atomic E-state index is -2.96. The smallest absolute Gasteiger partial charge is 0.278 e. The van der Waals surface area contributed by atoms with Crippen LogP contribution in [0.5, 0.6) is 5.88 Å². The summed E-state index contributed by atoms with van der Waals surface area (Å²) in [6.45, 7) is 7.33. The van der Waals surface area contributed by atoms with Gasteiger partial charge >= 0.3 is 0 Å². The van der Waals surface area contributed by atoms with Gasteiger partial charge in [0.05, 0.1) is 11.6 Å². The zero-order valence-electron chi connectivity index (χ0n) is 17.8. The molecule has 0 bridgehead atoms. The molecule has 2 aromatic heterocycles. The van der Waals surface area contributed by atoms with E-state index in [1.165, 1.54) is 18.3 Å². The van der Waals surface area contributed by atoms with E-state index in [2.05, 4.69) is 15.3 Å². The summed E-state index contributed by atoms with van der Waals surface area (Å²) in [5.74, 6) is -3.28. The number of carbonyl (C=O) groups excluding carboxylic acids is 2. The van der Waals surface area contributed by atoms with Crippen LogP contribution < -0.4 is 10.1 Å². The first kappa shape index (κ1) is 23.4. The predicted molar refractivity (Wildman–Crippen MR) is 109 cm³/mol. The topological polar surface area (TPSA) is 81.2 Å². The van der Waals surface area contributed by atoms with Crippen LogP contribution in [0, 0.1) is 12.8 Å². The fourth-order valence-electron chi connectivity index (χ4n) is 2.65. The zero-order chi connectivity index (χ0) is 22.5. The maximum atomic E-state index is 12.8. The highest BCUT2D eigenvalue weighted by atomic mass is 19.3. The number of aryl methyl sites for hydroxylation is 1. The Morgan fingerprint density at radius 1 is 1.20 bits per heavy atom. The number of amides is 1. The Labute approximate surface area is 175 Å². The highest BCUT2D eigenvalue weighted by molar-refractivity contribution is 5.94. The average molecular weight is 419 g/mol. The molecular formula is C22H27F2N3O3. The summed E-state index contributed by atoms with van der Waals surface area (Å²) in [6.07, 6.45) is 1.52. The van der Waals surface area contributed by atoms with Crippen LogP contribution in [0.15, 0.2) is 30.5 Å². The van der Waals surface area contributed by atoms with Crippen molar-refractivity contribution >= 4 is 11.7 Å². The summed E-state index contributed by atoms with van der Waals surface area (Å²) in [6, 6.07) is 6.18. The molecule has 0 aliphatic heterocycles. The first-order chi connectivity index (χ1) is 13.9. The zero-order valence-corrected chi connectivity index (χ0v) is 17.8. The molecule has 2 heterocycles. The van der Waals surface area contributed by atoms with Crippen molar-refractivity contribution in [3.05, 3.63) is 53.0 Å². The Kier molecular flexibility index (Phi) is 7.59. The van der Waals surface area contributed by atoms with E-state index in [1.54, 1.807) is 0 Å². The van der Waals surface area contributed by atoms with Gasteiger partial charge < -0.3 is 10.1 Å². The molecule has 0 saturated carbocycles. The summed E-state index contributed by atoms with van der Waals surface area (Å²) in [7, 11) is 0. The molecule has 1 unspecified atom stereocenters. The van der Waals surface area contributed by atoms with Crippen molar-refractivity contribution in [3.63, 3.8) is 0 Å². The molecule has 6 nitrogen and oxygen atoms in total. The first-order valence-corrected chi connectivity index (χ1v) is 9.72. The second kappa shape index (κ2) is 9.73. The molecule has 0 fully saturated rings. The molecule has 162 valence electrons. The summed E-state index contributed by atoms with van der Waals surface area (Å²) in [5.41, 5.74) is 2.54. The molecule has 0 spiro atoms. The molecule has 8 heteroatoms. The van der Waals surface area contributed by atoms with E-state index in [0.29, 0.717) is 5.69 Å². The lowest BCUT2D eigenvalue weighted by atomic mass is 10.0. The van der Waals surface area contributed by atoms with E-state index in [0.717, 1.165) is 18.2 Å². The monoisotopic (exact) mass is 419 g/mol. The number of halogens is 2. The molecule has 2 aromatic rings. The molecule has 2 rings (SSSR count). The quantitative estimate of drug-likeness (QED) is 0.662. The van der Waals surface area contributed by atoms with Crippen molar-refractivity contribution in [1.82, 2.24) is 15.3 Å². The van der Waals surface area contributed by atoms with E-state index >= 15 is 0 Å². The number of hydrogen-bond acceptors (Lipinski definition) is 5. The molecule has 0 saturated heterocycles. The standard InChI is InChI=1S/C22H27F2N3O3/c1-13(2)19(28)10-18-9-17(8-14(3)26-18)15(4)27-21(29)16-6-7-20(25-11-16)30-12-22(5,23)24/h6-9,11,13,15H,10,12H2,1-5H3,(H,27,29). The summed E-state index contributed by atoms with van der Waals surface area (Å²) in [4.78, 5) is 32.8. The maximum absolute atomic E-state index is 12.8. The number of ketones is 1. The summed E-state index contributed by atoms with van der Waals surface area (Å²) < 4.78 is 30.6. The third kappa shape index (κ3) is 7.17. The van der Waals surface area contributed by atoms with Crippen LogP contribution in [-0.4, -0.2) is 34.2 Å². The Morgan fingerprint density at radius 2 is 1.90 bits per heavy atom. The van der Waals surface area contributed by atoms with Crippen LogP contribution >= 0.6 is 0 Å². The highest BCUT2D eigenvalue weighted by Crippen LogP contribution is 2.18. The number of ether oxygens (including phenoxy) is 1. The number of rotatable bonds is 9. The number of hydrogen-bond donors (Lipinski definition) is 1. The molecule has 1 amide bonds. The van der Waals surface area contributed by atoms with Crippen LogP contribution in [0.25, 0.3) is 0 Å². The molecule has 30 heavy (non-hydrogen) atoms. The van der Waals surface area contributed by atoms with E-state index in [1.807, 2.05) is 39.8 Å². The summed E-state index contributed by atoms with van der Waals surface area (Å²) in [5, 5.41) is 2.87. The Bertz CT molecular complexity index is 893. The number of aromatic nitrogens is 2. The third-order valence-corrected chi connectivity index (χ3v) is 4.35. The van der Waals surface area contributed by atoms with Gasteiger partial charge in [-0.1, -0.05) is 13.8 Å². The Hall–Kier alpha value is -2.90. The maximum Gasteiger partial charge on any atom is 0.278 e. The van der Waals surface area contributed by atoms with Gasteiger partial charge in [0.25, 0.3) is 11.8 Å². The lowest BCUT2D eigenvalue weighted by Crippen LogP contribution is -2.27. The fourth-order valence-corrected chi connectivity index (χ4v) is 2.65. The number of pyridine rings is 2. The van der Waals surface area contributed by atoms with E-state index in [9.17, 15) is 18.4 Å². The Balaban J connectivity index is 2.04. The third-order valence-electron chi connectivity index (χ3n) is 4.35. The van der Waals surface area contributed by atoms with Crippen molar-refractivity contribution in [2.75, 3.05) is 6.61 Å². The van der Waals surface area contributed by atoms with Crippen molar-refractivity contribution in [2.45, 2.75) is 53.0 Å². The van der Waals surface area contributed by atoms with E-state index in [4.69, 9.17) is 4.74 Å². The van der Waals surface area contributed by atoms with Crippen molar-refractivity contribution in [1.29, 1.82) is 0 Å². The molecule has 0 aromatic carbocycles. The SMILES string of the molecule is Cc1cc(C(C)NC(=O)c2ccc(OCC(C)(F)F)nc2)cc(CC(=O)C(C)C)n1. The number of nitrogens with one attached hydrogen (secondary N) is 1. The largest absolute Gasteiger partial charge is 0.471 e. The highest BCUT2D eigenvalue weighted by Gasteiger charge is 2.22. The van der Waals surface area contributed by atoms with Crippen molar-refractivity contribution < 1.29 is 23.1 Å². The van der Waals surface area contributed by atoms with Crippen LogP contribution in [0.2, 0.25) is 0 Å². The van der Waals surface area contributed by atoms with Gasteiger partial charge in [0.1, 0.15) is 5.78 Å². The van der Waals surface area contributed by atoms with Gasteiger partial charge in [0.2, 0.25) is 5.88 Å². The van der Waals surface area contributed by atoms with Crippen LogP contribution in [-0.2, 0) is 11.2 Å². The molecule has 0 radical (unpaired) electrons. The van der Waals surface area contributed by atoms with Gasteiger partial charge in [0.15, 0.2) is 6.61 Å². The molecular weight excluding hydrogens is 392 g/mol. The minimum Gasteiger partial charge on any atom is -0.471 e. The number of carbonyl (C=O) groups is 2. The second-order valence-electron chi connectivity index (χ2n) is 7.77. The molecule has 0 aliphatic carbocycles. The van der Waals surface area contributed by atoms with E-state index in [-0.39, 0.29) is 41.5 Å². The van der Waals surface area contributed by atoms with Crippen molar-refractivity contribution in [2.24, 2.45) is 5.92 Å². The van der Waals surface area contributed by atoms with Gasteiger partial charge in [-0.25, -0.2) is 13.8 Å². The fraction of sp³-hybridized carbons (Fsp3) is 0.455. The predicted octanol–water partition coefficient (Wildman–Crippen LogP) is 4.08. The van der Waals surface area contributed by atoms with Crippen LogP contribution in [0.3, 0.4) is 0 Å². The normalized spacial score (nSPS) is 12.5. The number of Topliss-reactive ketones (excluding diaryl/α,β-unsaturated/α-hetero) is 1. The number of alkyl halides is 2. The molecule has 0 aliphatic rings. The minimum absolute atomic E-state index is 0.0188. The Morgan fingerprint density at radius 3 is 2.47 bits per heavy atom. The lowest BCUT2D eigenvalue weighted by molar-refractivity contribution is -0.121. The van der Waals surface area contributed by atoms with Gasteiger partial charge in [-0.2, -0.15) is 0 Å². The van der Waals surface area contributed by atoms with E-state index < -0.39 is 12.5 Å². The van der Waals surface area contributed by atoms with Crippen molar-refractivity contribution in [3.8, 4) is 5.88 Å². The van der Waals surface area contributed by atoms with Crippen LogP contribution in [0.1, 0.15) is 61.0 Å². The molecule has 1 atom stereocenters. The van der Waals surface area contributed by atoms with Gasteiger partial charge in [0, 0.05) is 42.9 Å². The lowest BCUT2D eigenvalue weighted by Gasteiger charge is -2.16. The summed E-state index contributed by atoms with van der Waals surface area (Å²) >= 11 is 0. The number of nitrogens with zero attached hydrogens (tertiary/aromatic N) is 2. The average Bonchev–Trinajstić information content (AvgIpc) is 2.65.